The first-order valence-electron chi connectivity index (χ1n) is 2.52. The molecule has 0 aliphatic heterocycles. The molecule has 0 saturated heterocycles. The van der Waals surface area contributed by atoms with Gasteiger partial charge >= 0.3 is 0 Å². The van der Waals surface area contributed by atoms with Gasteiger partial charge < -0.3 is 5.11 Å². The Bertz CT molecular complexity index is 226. The van der Waals surface area contributed by atoms with Gasteiger partial charge in [0.1, 0.15) is 6.07 Å². The van der Waals surface area contributed by atoms with E-state index in [1.807, 2.05) is 0 Å². The largest absolute Gasteiger partial charge is 0.499 e. The van der Waals surface area contributed by atoms with Gasteiger partial charge in [-0.1, -0.05) is 24.3 Å². The zero-order valence-electron chi connectivity index (χ0n) is 4.70. The van der Waals surface area contributed by atoms with Crippen LogP contribution in [0.2, 0.25) is 0 Å². The van der Waals surface area contributed by atoms with E-state index in [-0.39, 0.29) is 5.76 Å². The van der Waals surface area contributed by atoms with Crippen molar-refractivity contribution in [2.75, 3.05) is 0 Å². The van der Waals surface area contributed by atoms with Crippen molar-refractivity contribution < 1.29 is 5.11 Å². The molecule has 44 valence electrons. The van der Waals surface area contributed by atoms with Crippen molar-refractivity contribution in [1.29, 1.82) is 5.26 Å². The molecule has 1 aliphatic carbocycles. The Morgan fingerprint density at radius 2 is 2.00 bits per heavy atom. The topological polar surface area (TPSA) is 44.0 Å². The predicted molar refractivity (Wildman–Crippen MR) is 33.5 cm³/mol. The lowest BCUT2D eigenvalue weighted by Gasteiger charge is -1.86. The number of hydrogen-bond acceptors (Lipinski definition) is 2. The van der Waals surface area contributed by atoms with Crippen molar-refractivity contribution >= 4 is 0 Å². The lowest BCUT2D eigenvalue weighted by Crippen LogP contribution is -1.77. The van der Waals surface area contributed by atoms with E-state index >= 15 is 0 Å². The van der Waals surface area contributed by atoms with Gasteiger partial charge in [0.15, 0.2) is 0 Å². The molecule has 9 heavy (non-hydrogen) atoms. The Labute approximate surface area is 53.0 Å². The quantitative estimate of drug-likeness (QED) is 0.298. The minimum Gasteiger partial charge on any atom is -0.499 e. The van der Waals surface area contributed by atoms with Gasteiger partial charge in [0, 0.05) is 5.57 Å². The van der Waals surface area contributed by atoms with Crippen LogP contribution in [-0.2, 0) is 0 Å². The van der Waals surface area contributed by atoms with Crippen molar-refractivity contribution in [3.8, 4) is 6.07 Å². The van der Waals surface area contributed by atoms with E-state index in [1.54, 1.807) is 30.4 Å². The van der Waals surface area contributed by atoms with Crippen LogP contribution in [0.25, 0.3) is 0 Å². The molecule has 1 N–H and O–H groups in total. The molecule has 0 fully saturated rings. The second-order valence-electron chi connectivity index (χ2n) is 1.63. The summed E-state index contributed by atoms with van der Waals surface area (Å²) in [5.41, 5.74) is 0.581. The maximum absolute atomic E-state index is 8.77. The summed E-state index contributed by atoms with van der Waals surface area (Å²) in [6.07, 6.45) is 6.89. The SMILES string of the molecule is N#CC(O)=C1C=CC=C1. The van der Waals surface area contributed by atoms with Gasteiger partial charge in [-0.05, 0) is 0 Å². The number of aliphatic hydroxyl groups is 1. The molecule has 2 nitrogen and oxygen atoms in total. The van der Waals surface area contributed by atoms with Crippen LogP contribution in [0.4, 0.5) is 0 Å². The van der Waals surface area contributed by atoms with Crippen LogP contribution in [0.15, 0.2) is 35.6 Å². The lowest BCUT2D eigenvalue weighted by molar-refractivity contribution is 0.433. The van der Waals surface area contributed by atoms with E-state index in [9.17, 15) is 0 Å². The Morgan fingerprint density at radius 1 is 1.44 bits per heavy atom. The smallest absolute Gasteiger partial charge is 0.201 e. The van der Waals surface area contributed by atoms with Crippen LogP contribution in [0.1, 0.15) is 0 Å². The molecule has 0 atom stereocenters. The standard InChI is InChI=1S/C7H5NO/c8-5-7(9)6-3-1-2-4-6/h1-4,9H. The summed E-state index contributed by atoms with van der Waals surface area (Å²) in [6, 6.07) is 1.64. The van der Waals surface area contributed by atoms with Crippen LogP contribution in [0.5, 0.6) is 0 Å². The molecule has 0 spiro atoms. The predicted octanol–water partition coefficient (Wildman–Crippen LogP) is 1.45. The van der Waals surface area contributed by atoms with Crippen LogP contribution in [-0.4, -0.2) is 5.11 Å². The van der Waals surface area contributed by atoms with E-state index in [4.69, 9.17) is 10.4 Å². The first kappa shape index (κ1) is 5.64. The van der Waals surface area contributed by atoms with Crippen molar-refractivity contribution in [2.24, 2.45) is 0 Å². The van der Waals surface area contributed by atoms with Crippen molar-refractivity contribution in [3.63, 3.8) is 0 Å². The molecular formula is C7H5NO. The number of nitrogens with zero attached hydrogens (tertiary/aromatic N) is 1. The zero-order valence-corrected chi connectivity index (χ0v) is 4.70. The van der Waals surface area contributed by atoms with Gasteiger partial charge in [0.2, 0.25) is 5.76 Å². The first-order valence-corrected chi connectivity index (χ1v) is 2.52. The van der Waals surface area contributed by atoms with Gasteiger partial charge in [0.05, 0.1) is 0 Å². The third-order valence-corrected chi connectivity index (χ3v) is 1.04. The maximum Gasteiger partial charge on any atom is 0.201 e. The number of hydrogen-bond donors (Lipinski definition) is 1. The number of allylic oxidation sites excluding steroid dienone is 6. The Balaban J connectivity index is 2.98. The maximum atomic E-state index is 8.77. The molecule has 0 aromatic carbocycles. The molecular weight excluding hydrogens is 114 g/mol. The molecule has 2 heteroatoms. The normalized spacial score (nSPS) is 13.9. The summed E-state index contributed by atoms with van der Waals surface area (Å²) in [6.45, 7) is 0. The summed E-state index contributed by atoms with van der Waals surface area (Å²) < 4.78 is 0. The highest BCUT2D eigenvalue weighted by atomic mass is 16.3. The summed E-state index contributed by atoms with van der Waals surface area (Å²) in [5, 5.41) is 16.9. The minimum absolute atomic E-state index is 0.222. The average Bonchev–Trinajstić information content (AvgIpc) is 2.37. The molecule has 1 rings (SSSR count). The molecule has 0 unspecified atom stereocenters. The molecule has 0 amide bonds. The third kappa shape index (κ3) is 1.000. The van der Waals surface area contributed by atoms with Gasteiger partial charge in [-0.2, -0.15) is 5.26 Å². The van der Waals surface area contributed by atoms with E-state index < -0.39 is 0 Å². The van der Waals surface area contributed by atoms with Gasteiger partial charge in [0.25, 0.3) is 0 Å². The van der Waals surface area contributed by atoms with E-state index in [0.29, 0.717) is 5.57 Å². The van der Waals surface area contributed by atoms with Gasteiger partial charge in [-0.25, -0.2) is 0 Å². The van der Waals surface area contributed by atoms with E-state index in [2.05, 4.69) is 0 Å². The molecule has 0 radical (unpaired) electrons. The molecule has 0 aromatic rings. The van der Waals surface area contributed by atoms with Crippen molar-refractivity contribution in [3.05, 3.63) is 35.6 Å². The Hall–Kier alpha value is -1.49. The van der Waals surface area contributed by atoms with E-state index in [0.717, 1.165) is 0 Å². The van der Waals surface area contributed by atoms with Gasteiger partial charge in [-0.15, -0.1) is 0 Å². The highest BCUT2D eigenvalue weighted by Crippen LogP contribution is 2.09. The van der Waals surface area contributed by atoms with Gasteiger partial charge in [-0.3, -0.25) is 0 Å². The number of rotatable bonds is 0. The summed E-state index contributed by atoms with van der Waals surface area (Å²) in [7, 11) is 0. The highest BCUT2D eigenvalue weighted by Gasteiger charge is 1.98. The second kappa shape index (κ2) is 2.19. The molecule has 0 bridgehead atoms. The Kier molecular flexibility index (Phi) is 1.37. The molecule has 1 aliphatic rings. The molecule has 0 aromatic heterocycles. The summed E-state index contributed by atoms with van der Waals surface area (Å²) in [5.74, 6) is -0.222. The fourth-order valence-corrected chi connectivity index (χ4v) is 0.596. The average molecular weight is 119 g/mol. The monoisotopic (exact) mass is 119 g/mol. The van der Waals surface area contributed by atoms with E-state index in [1.165, 1.54) is 0 Å². The minimum atomic E-state index is -0.222. The molecule has 0 heterocycles. The highest BCUT2D eigenvalue weighted by molar-refractivity contribution is 5.44. The third-order valence-electron chi connectivity index (χ3n) is 1.04. The second-order valence-corrected chi connectivity index (χ2v) is 1.63. The number of aliphatic hydroxyl groups excluding tert-OH is 1. The Morgan fingerprint density at radius 3 is 2.44 bits per heavy atom. The number of nitriles is 1. The van der Waals surface area contributed by atoms with Crippen molar-refractivity contribution in [1.82, 2.24) is 0 Å². The van der Waals surface area contributed by atoms with Crippen molar-refractivity contribution in [2.45, 2.75) is 0 Å². The van der Waals surface area contributed by atoms with Crippen LogP contribution < -0.4 is 0 Å². The summed E-state index contributed by atoms with van der Waals surface area (Å²) in [4.78, 5) is 0. The fraction of sp³-hybridized carbons (Fsp3) is 0. The zero-order chi connectivity index (χ0) is 6.69. The van der Waals surface area contributed by atoms with Crippen LogP contribution in [0.3, 0.4) is 0 Å². The lowest BCUT2D eigenvalue weighted by atomic mass is 10.2. The van der Waals surface area contributed by atoms with Crippen LogP contribution in [0, 0.1) is 11.3 Å². The first-order chi connectivity index (χ1) is 4.34. The summed E-state index contributed by atoms with van der Waals surface area (Å²) >= 11 is 0. The fourth-order valence-electron chi connectivity index (χ4n) is 0.596. The van der Waals surface area contributed by atoms with Crippen LogP contribution >= 0.6 is 0 Å². The molecule has 0 saturated carbocycles.